The quantitative estimate of drug-likeness (QED) is 0.870. The van der Waals surface area contributed by atoms with Crippen molar-refractivity contribution in [2.75, 3.05) is 0 Å². The number of rotatable bonds is 2. The van der Waals surface area contributed by atoms with Crippen molar-refractivity contribution in [3.8, 4) is 0 Å². The van der Waals surface area contributed by atoms with Gasteiger partial charge in [-0.3, -0.25) is 0 Å². The fourth-order valence-corrected chi connectivity index (χ4v) is 2.94. The van der Waals surface area contributed by atoms with E-state index in [1.165, 1.54) is 23.5 Å². The topological polar surface area (TPSA) is 20.2 Å². The Labute approximate surface area is 110 Å². The molecule has 5 heteroatoms. The highest BCUT2D eigenvalue weighted by Gasteiger charge is 2.16. The molecule has 0 bridgehead atoms. The molecular weight excluding hydrogens is 315 g/mol. The van der Waals surface area contributed by atoms with E-state index >= 15 is 0 Å². The number of thiophene rings is 1. The number of aliphatic hydroxyl groups is 1. The zero-order valence-electron chi connectivity index (χ0n) is 7.95. The van der Waals surface area contributed by atoms with E-state index in [9.17, 15) is 9.50 Å². The molecule has 0 saturated heterocycles. The molecule has 0 fully saturated rings. The van der Waals surface area contributed by atoms with Gasteiger partial charge in [0, 0.05) is 15.5 Å². The first-order chi connectivity index (χ1) is 7.58. The molecule has 1 unspecified atom stereocenters. The zero-order valence-corrected chi connectivity index (χ0v) is 11.1. The molecule has 2 aromatic rings. The average molecular weight is 322 g/mol. The minimum Gasteiger partial charge on any atom is -0.383 e. The molecule has 1 nitrogen and oxygen atoms in total. The maximum absolute atomic E-state index is 13.5. The fraction of sp³-hybridized carbons (Fsp3) is 0.0909. The van der Waals surface area contributed by atoms with Gasteiger partial charge < -0.3 is 5.11 Å². The van der Waals surface area contributed by atoms with Gasteiger partial charge in [-0.1, -0.05) is 17.7 Å². The summed E-state index contributed by atoms with van der Waals surface area (Å²) in [6, 6.07) is 7.83. The number of hydrogen-bond acceptors (Lipinski definition) is 2. The van der Waals surface area contributed by atoms with Crippen molar-refractivity contribution in [3.05, 3.63) is 55.4 Å². The zero-order chi connectivity index (χ0) is 11.7. The summed E-state index contributed by atoms with van der Waals surface area (Å²) in [5.74, 6) is -0.496. The second-order valence-corrected chi connectivity index (χ2v) is 6.14. The van der Waals surface area contributed by atoms with E-state index in [-0.39, 0.29) is 5.56 Å². The van der Waals surface area contributed by atoms with Gasteiger partial charge in [-0.25, -0.2) is 4.39 Å². The minimum atomic E-state index is -0.950. The Morgan fingerprint density at radius 1 is 1.31 bits per heavy atom. The molecule has 16 heavy (non-hydrogen) atoms. The van der Waals surface area contributed by atoms with Gasteiger partial charge in [0.1, 0.15) is 11.9 Å². The second kappa shape index (κ2) is 4.84. The first-order valence-corrected chi connectivity index (χ1v) is 6.45. The largest absolute Gasteiger partial charge is 0.383 e. The molecule has 0 aliphatic rings. The van der Waals surface area contributed by atoms with Crippen LogP contribution in [-0.2, 0) is 0 Å². The minimum absolute atomic E-state index is 0.235. The van der Waals surface area contributed by atoms with Crippen molar-refractivity contribution in [1.29, 1.82) is 0 Å². The van der Waals surface area contributed by atoms with Crippen LogP contribution in [0.2, 0.25) is 5.02 Å². The normalized spacial score (nSPS) is 12.8. The van der Waals surface area contributed by atoms with Crippen LogP contribution in [0.4, 0.5) is 4.39 Å². The van der Waals surface area contributed by atoms with Crippen LogP contribution >= 0.6 is 38.9 Å². The van der Waals surface area contributed by atoms with E-state index < -0.39 is 11.9 Å². The maximum Gasteiger partial charge on any atom is 0.130 e. The summed E-state index contributed by atoms with van der Waals surface area (Å²) in [4.78, 5) is 0.688. The van der Waals surface area contributed by atoms with Crippen molar-refractivity contribution in [2.45, 2.75) is 6.10 Å². The highest BCUT2D eigenvalue weighted by Crippen LogP contribution is 2.32. The Morgan fingerprint density at radius 3 is 2.62 bits per heavy atom. The van der Waals surface area contributed by atoms with Gasteiger partial charge in [0.25, 0.3) is 0 Å². The first kappa shape index (κ1) is 12.0. The molecule has 1 N–H and O–H groups in total. The van der Waals surface area contributed by atoms with E-state index in [0.29, 0.717) is 9.90 Å². The van der Waals surface area contributed by atoms with Gasteiger partial charge in [-0.2, -0.15) is 0 Å². The van der Waals surface area contributed by atoms with Crippen LogP contribution < -0.4 is 0 Å². The molecule has 0 aliphatic heterocycles. The molecular formula is C11H7BrClFOS. The molecule has 1 atom stereocenters. The molecule has 1 aromatic heterocycles. The molecule has 1 aromatic carbocycles. The third-order valence-electron chi connectivity index (χ3n) is 2.12. The summed E-state index contributed by atoms with van der Waals surface area (Å²) < 4.78 is 14.4. The lowest BCUT2D eigenvalue weighted by Gasteiger charge is -2.09. The third-order valence-corrected chi connectivity index (χ3v) is 4.03. The SMILES string of the molecule is OC(c1ccc(Br)s1)c1ccc(Cl)cc1F. The van der Waals surface area contributed by atoms with Crippen LogP contribution in [0.3, 0.4) is 0 Å². The summed E-state index contributed by atoms with van der Waals surface area (Å²) in [5, 5.41) is 10.3. The summed E-state index contributed by atoms with van der Waals surface area (Å²) in [6.07, 6.45) is -0.950. The van der Waals surface area contributed by atoms with Crippen LogP contribution in [0.15, 0.2) is 34.1 Å². The van der Waals surface area contributed by atoms with Crippen LogP contribution in [-0.4, -0.2) is 5.11 Å². The Bertz CT molecular complexity index is 514. The highest BCUT2D eigenvalue weighted by atomic mass is 79.9. The molecule has 0 amide bonds. The van der Waals surface area contributed by atoms with E-state index in [2.05, 4.69) is 15.9 Å². The Morgan fingerprint density at radius 2 is 2.06 bits per heavy atom. The van der Waals surface area contributed by atoms with Crippen molar-refractivity contribution < 1.29 is 9.50 Å². The summed E-state index contributed by atoms with van der Waals surface area (Å²) in [6.45, 7) is 0. The Kier molecular flexibility index (Phi) is 3.64. The maximum atomic E-state index is 13.5. The Hall–Kier alpha value is -0.420. The summed E-state index contributed by atoms with van der Waals surface area (Å²) in [7, 11) is 0. The van der Waals surface area contributed by atoms with Gasteiger partial charge >= 0.3 is 0 Å². The van der Waals surface area contributed by atoms with Gasteiger partial charge in [0.15, 0.2) is 0 Å². The van der Waals surface area contributed by atoms with Crippen molar-refractivity contribution in [3.63, 3.8) is 0 Å². The summed E-state index contributed by atoms with van der Waals surface area (Å²) in [5.41, 5.74) is 0.235. The fourth-order valence-electron chi connectivity index (χ4n) is 1.35. The van der Waals surface area contributed by atoms with Crippen molar-refractivity contribution in [1.82, 2.24) is 0 Å². The van der Waals surface area contributed by atoms with Gasteiger partial charge in [0.05, 0.1) is 3.79 Å². The third kappa shape index (κ3) is 2.46. The van der Waals surface area contributed by atoms with E-state index in [0.717, 1.165) is 3.79 Å². The second-order valence-electron chi connectivity index (χ2n) is 3.21. The smallest absolute Gasteiger partial charge is 0.130 e. The molecule has 2 rings (SSSR count). The first-order valence-electron chi connectivity index (χ1n) is 4.46. The number of halogens is 3. The predicted molar refractivity (Wildman–Crippen MR) is 67.5 cm³/mol. The molecule has 0 radical (unpaired) electrons. The van der Waals surface area contributed by atoms with E-state index in [4.69, 9.17) is 11.6 Å². The van der Waals surface area contributed by atoms with Gasteiger partial charge in [0.2, 0.25) is 0 Å². The highest BCUT2D eigenvalue weighted by molar-refractivity contribution is 9.11. The van der Waals surface area contributed by atoms with Gasteiger partial charge in [-0.05, 0) is 40.2 Å². The predicted octanol–water partition coefficient (Wildman–Crippen LogP) is 4.38. The van der Waals surface area contributed by atoms with E-state index in [1.54, 1.807) is 12.1 Å². The monoisotopic (exact) mass is 320 g/mol. The van der Waals surface area contributed by atoms with Crippen LogP contribution in [0.25, 0.3) is 0 Å². The number of hydrogen-bond donors (Lipinski definition) is 1. The van der Waals surface area contributed by atoms with Crippen LogP contribution in [0.5, 0.6) is 0 Å². The van der Waals surface area contributed by atoms with Crippen molar-refractivity contribution >= 4 is 38.9 Å². The lowest BCUT2D eigenvalue weighted by molar-refractivity contribution is 0.219. The average Bonchev–Trinajstić information content (AvgIpc) is 2.64. The van der Waals surface area contributed by atoms with E-state index in [1.807, 2.05) is 6.07 Å². The lowest BCUT2D eigenvalue weighted by atomic mass is 10.1. The van der Waals surface area contributed by atoms with Crippen molar-refractivity contribution in [2.24, 2.45) is 0 Å². The van der Waals surface area contributed by atoms with Gasteiger partial charge in [-0.15, -0.1) is 11.3 Å². The van der Waals surface area contributed by atoms with Crippen LogP contribution in [0, 0.1) is 5.82 Å². The molecule has 84 valence electrons. The summed E-state index contributed by atoms with van der Waals surface area (Å²) >= 11 is 10.3. The standard InChI is InChI=1S/C11H7BrClFOS/c12-10-4-3-9(16-10)11(15)7-2-1-6(13)5-8(7)14/h1-5,11,15H. The van der Waals surface area contributed by atoms with Crippen LogP contribution in [0.1, 0.15) is 16.5 Å². The molecule has 0 spiro atoms. The number of benzene rings is 1. The molecule has 0 aliphatic carbocycles. The number of aliphatic hydroxyl groups excluding tert-OH is 1. The molecule has 0 saturated carbocycles. The Balaban J connectivity index is 2.37. The lowest BCUT2D eigenvalue weighted by Crippen LogP contribution is -2.00. The molecule has 1 heterocycles.